The Bertz CT molecular complexity index is 403. The van der Waals surface area contributed by atoms with Crippen molar-refractivity contribution in [2.24, 2.45) is 0 Å². The lowest BCUT2D eigenvalue weighted by molar-refractivity contribution is 0.152. The maximum absolute atomic E-state index is 13.7. The highest BCUT2D eigenvalue weighted by Crippen LogP contribution is 2.18. The number of piperidine rings is 1. The molecule has 0 radical (unpaired) electrons. The second-order valence-corrected chi connectivity index (χ2v) is 5.19. The van der Waals surface area contributed by atoms with E-state index in [0.29, 0.717) is 18.2 Å². The summed E-state index contributed by atoms with van der Waals surface area (Å²) in [6.07, 6.45) is 3.19. The molecule has 1 heterocycles. The van der Waals surface area contributed by atoms with Crippen LogP contribution in [-0.2, 0) is 6.54 Å². The summed E-state index contributed by atoms with van der Waals surface area (Å²) in [6, 6.07) is 4.19. The van der Waals surface area contributed by atoms with E-state index >= 15 is 0 Å². The molecule has 0 unspecified atom stereocenters. The van der Waals surface area contributed by atoms with Gasteiger partial charge in [-0.3, -0.25) is 4.90 Å². The smallest absolute Gasteiger partial charge is 0.127 e. The third-order valence-corrected chi connectivity index (χ3v) is 3.72. The van der Waals surface area contributed by atoms with Gasteiger partial charge in [-0.2, -0.15) is 0 Å². The molecule has 19 heavy (non-hydrogen) atoms. The van der Waals surface area contributed by atoms with Crippen molar-refractivity contribution in [3.63, 3.8) is 0 Å². The van der Waals surface area contributed by atoms with Crippen LogP contribution in [0.25, 0.3) is 0 Å². The molecule has 1 aliphatic heterocycles. The summed E-state index contributed by atoms with van der Waals surface area (Å²) in [4.78, 5) is 2.29. The Morgan fingerprint density at radius 2 is 2.00 bits per heavy atom. The molecule has 0 saturated carbocycles. The van der Waals surface area contributed by atoms with Gasteiger partial charge in [0.2, 0.25) is 0 Å². The third-order valence-electron chi connectivity index (χ3n) is 3.72. The van der Waals surface area contributed by atoms with Crippen LogP contribution in [-0.4, -0.2) is 30.6 Å². The number of nitrogens with one attached hydrogen (secondary N) is 1. The minimum Gasteiger partial charge on any atom is -0.317 e. The van der Waals surface area contributed by atoms with Crippen LogP contribution in [0.4, 0.5) is 8.78 Å². The van der Waals surface area contributed by atoms with Gasteiger partial charge in [0.25, 0.3) is 0 Å². The number of hydrogen-bond acceptors (Lipinski definition) is 2. The molecule has 4 heteroatoms. The first-order valence-electron chi connectivity index (χ1n) is 7.09. The van der Waals surface area contributed by atoms with Crippen molar-refractivity contribution in [3.05, 3.63) is 35.4 Å². The first-order valence-corrected chi connectivity index (χ1v) is 7.09. The van der Waals surface area contributed by atoms with Crippen LogP contribution in [0.2, 0.25) is 0 Å². The molecule has 0 spiro atoms. The summed E-state index contributed by atoms with van der Waals surface area (Å²) in [5.74, 6) is -0.672. The second-order valence-electron chi connectivity index (χ2n) is 5.19. The van der Waals surface area contributed by atoms with Gasteiger partial charge >= 0.3 is 0 Å². The van der Waals surface area contributed by atoms with Crippen molar-refractivity contribution in [2.75, 3.05) is 19.6 Å². The van der Waals surface area contributed by atoms with E-state index in [1.807, 2.05) is 0 Å². The molecule has 0 aromatic heterocycles. The largest absolute Gasteiger partial charge is 0.317 e. The van der Waals surface area contributed by atoms with Gasteiger partial charge in [0.1, 0.15) is 11.6 Å². The Morgan fingerprint density at radius 1 is 1.26 bits per heavy atom. The highest BCUT2D eigenvalue weighted by Gasteiger charge is 2.21. The summed E-state index contributed by atoms with van der Waals surface area (Å²) in [7, 11) is 0. The van der Waals surface area contributed by atoms with Crippen molar-refractivity contribution < 1.29 is 8.78 Å². The molecule has 1 saturated heterocycles. The van der Waals surface area contributed by atoms with E-state index in [2.05, 4.69) is 17.1 Å². The maximum atomic E-state index is 13.7. The van der Waals surface area contributed by atoms with E-state index in [1.165, 1.54) is 18.2 Å². The number of hydrogen-bond donors (Lipinski definition) is 1. The fourth-order valence-corrected chi connectivity index (χ4v) is 2.73. The van der Waals surface area contributed by atoms with Crippen LogP contribution in [0.3, 0.4) is 0 Å². The normalized spacial score (nSPS) is 17.1. The zero-order valence-corrected chi connectivity index (χ0v) is 11.5. The first-order chi connectivity index (χ1) is 9.20. The van der Waals surface area contributed by atoms with E-state index in [1.54, 1.807) is 0 Å². The molecule has 2 rings (SSSR count). The zero-order valence-electron chi connectivity index (χ0n) is 11.5. The van der Waals surface area contributed by atoms with Crippen LogP contribution in [0.5, 0.6) is 0 Å². The Labute approximate surface area is 113 Å². The Balaban J connectivity index is 2.08. The Morgan fingerprint density at radius 3 is 2.68 bits per heavy atom. The average molecular weight is 268 g/mol. The van der Waals surface area contributed by atoms with Crippen molar-refractivity contribution in [1.82, 2.24) is 10.2 Å². The molecule has 0 atom stereocenters. The topological polar surface area (TPSA) is 15.3 Å². The fourth-order valence-electron chi connectivity index (χ4n) is 2.73. The molecule has 2 nitrogen and oxygen atoms in total. The lowest BCUT2D eigenvalue weighted by atomic mass is 10.0. The summed E-state index contributed by atoms with van der Waals surface area (Å²) in [6.45, 7) is 5.58. The summed E-state index contributed by atoms with van der Waals surface area (Å²) in [5.41, 5.74) is 0.465. The molecule has 1 aromatic carbocycles. The van der Waals surface area contributed by atoms with Gasteiger partial charge in [-0.1, -0.05) is 6.92 Å². The summed E-state index contributed by atoms with van der Waals surface area (Å²) < 4.78 is 27.0. The fraction of sp³-hybridized carbons (Fsp3) is 0.600. The van der Waals surface area contributed by atoms with Crippen molar-refractivity contribution >= 4 is 0 Å². The van der Waals surface area contributed by atoms with Gasteiger partial charge in [-0.15, -0.1) is 0 Å². The molecule has 0 amide bonds. The number of nitrogens with zero attached hydrogens (tertiary/aromatic N) is 1. The van der Waals surface area contributed by atoms with Crippen molar-refractivity contribution in [3.8, 4) is 0 Å². The molecule has 1 N–H and O–H groups in total. The van der Waals surface area contributed by atoms with E-state index in [9.17, 15) is 8.78 Å². The Kier molecular flexibility index (Phi) is 5.28. The molecular weight excluding hydrogens is 246 g/mol. The van der Waals surface area contributed by atoms with Crippen LogP contribution in [0.1, 0.15) is 31.7 Å². The number of benzene rings is 1. The maximum Gasteiger partial charge on any atom is 0.127 e. The monoisotopic (exact) mass is 268 g/mol. The summed E-state index contributed by atoms with van der Waals surface area (Å²) in [5, 5.41) is 3.34. The van der Waals surface area contributed by atoms with E-state index < -0.39 is 0 Å². The van der Waals surface area contributed by atoms with Gasteiger partial charge in [0, 0.05) is 18.2 Å². The van der Waals surface area contributed by atoms with Gasteiger partial charge < -0.3 is 5.32 Å². The number of rotatable bonds is 5. The SMILES string of the molecule is CCCN(Cc1cc(F)ccc1F)C1CCNCC1. The van der Waals surface area contributed by atoms with Crippen molar-refractivity contribution in [1.29, 1.82) is 0 Å². The molecule has 1 fully saturated rings. The van der Waals surface area contributed by atoms with Gasteiger partial charge in [-0.05, 0) is 57.1 Å². The third kappa shape index (κ3) is 3.98. The van der Waals surface area contributed by atoms with Crippen LogP contribution < -0.4 is 5.32 Å². The van der Waals surface area contributed by atoms with Gasteiger partial charge in [0.05, 0.1) is 0 Å². The highest BCUT2D eigenvalue weighted by atomic mass is 19.1. The molecule has 106 valence electrons. The predicted octanol–water partition coefficient (Wildman–Crippen LogP) is 2.93. The first kappa shape index (κ1) is 14.4. The molecular formula is C15H22F2N2. The van der Waals surface area contributed by atoms with Crippen molar-refractivity contribution in [2.45, 2.75) is 38.8 Å². The standard InChI is InChI=1S/C15H22F2N2/c1-2-9-19(14-5-7-18-8-6-14)11-12-10-13(16)3-4-15(12)17/h3-4,10,14,18H,2,5-9,11H2,1H3. The van der Waals surface area contributed by atoms with Crippen LogP contribution in [0, 0.1) is 11.6 Å². The number of halogens is 2. The summed E-state index contributed by atoms with van der Waals surface area (Å²) >= 11 is 0. The van der Waals surface area contributed by atoms with Crippen LogP contribution >= 0.6 is 0 Å². The van der Waals surface area contributed by atoms with E-state index in [-0.39, 0.29) is 11.6 Å². The van der Waals surface area contributed by atoms with E-state index in [0.717, 1.165) is 38.9 Å². The average Bonchev–Trinajstić information content (AvgIpc) is 2.43. The molecule has 1 aromatic rings. The van der Waals surface area contributed by atoms with E-state index in [4.69, 9.17) is 0 Å². The molecule has 0 aliphatic carbocycles. The Hall–Kier alpha value is -1.00. The minimum atomic E-state index is -0.363. The molecule has 0 bridgehead atoms. The lowest BCUT2D eigenvalue weighted by Gasteiger charge is -2.34. The molecule has 1 aliphatic rings. The highest BCUT2D eigenvalue weighted by molar-refractivity contribution is 5.18. The lowest BCUT2D eigenvalue weighted by Crippen LogP contribution is -2.43. The van der Waals surface area contributed by atoms with Crippen LogP contribution in [0.15, 0.2) is 18.2 Å². The minimum absolute atomic E-state index is 0.309. The predicted molar refractivity (Wildman–Crippen MR) is 73.0 cm³/mol. The quantitative estimate of drug-likeness (QED) is 0.883. The second kappa shape index (κ2) is 6.96. The van der Waals surface area contributed by atoms with Gasteiger partial charge in [-0.25, -0.2) is 8.78 Å². The van der Waals surface area contributed by atoms with Gasteiger partial charge in [0.15, 0.2) is 0 Å². The zero-order chi connectivity index (χ0) is 13.7.